The van der Waals surface area contributed by atoms with Crippen molar-refractivity contribution in [3.05, 3.63) is 28.2 Å². The molecule has 0 spiro atoms. The standard InChI is InChI=1S/C15H20F3N3O3/c1-10-4-8-20(2)12(22)11(10)19-13(23)21-7-3-5-14(24,6-9-21)15(16,17)18/h4,8,24H,3,5-7,9H2,1-2H3,(H,19,23). The molecule has 134 valence electrons. The van der Waals surface area contributed by atoms with Crippen molar-refractivity contribution in [2.75, 3.05) is 18.4 Å². The summed E-state index contributed by atoms with van der Waals surface area (Å²) in [6, 6.07) is 1.01. The van der Waals surface area contributed by atoms with Crippen LogP contribution in [0.5, 0.6) is 0 Å². The summed E-state index contributed by atoms with van der Waals surface area (Å²) in [7, 11) is 1.53. The number of aryl methyl sites for hydroxylation is 2. The van der Waals surface area contributed by atoms with Crippen LogP contribution < -0.4 is 10.9 Å². The highest BCUT2D eigenvalue weighted by Crippen LogP contribution is 2.38. The first kappa shape index (κ1) is 18.3. The van der Waals surface area contributed by atoms with Gasteiger partial charge < -0.3 is 19.9 Å². The minimum Gasteiger partial charge on any atom is -0.380 e. The Bertz CT molecular complexity index is 687. The van der Waals surface area contributed by atoms with E-state index in [0.717, 1.165) is 0 Å². The van der Waals surface area contributed by atoms with Crippen LogP contribution in [0.15, 0.2) is 17.1 Å². The van der Waals surface area contributed by atoms with E-state index in [2.05, 4.69) is 5.32 Å². The fourth-order valence-electron chi connectivity index (χ4n) is 2.66. The molecule has 0 bridgehead atoms. The van der Waals surface area contributed by atoms with Crippen LogP contribution in [0.3, 0.4) is 0 Å². The van der Waals surface area contributed by atoms with Gasteiger partial charge in [0.15, 0.2) is 5.60 Å². The number of hydrogen-bond donors (Lipinski definition) is 2. The van der Waals surface area contributed by atoms with Gasteiger partial charge in [0.1, 0.15) is 5.69 Å². The molecular formula is C15H20F3N3O3. The molecule has 0 aromatic carbocycles. The van der Waals surface area contributed by atoms with E-state index in [-0.39, 0.29) is 25.2 Å². The lowest BCUT2D eigenvalue weighted by Gasteiger charge is -2.29. The average Bonchev–Trinajstić information content (AvgIpc) is 2.70. The summed E-state index contributed by atoms with van der Waals surface area (Å²) < 4.78 is 40.1. The van der Waals surface area contributed by atoms with Gasteiger partial charge in [0.25, 0.3) is 5.56 Å². The molecule has 1 aliphatic rings. The molecule has 2 N–H and O–H groups in total. The Hall–Kier alpha value is -2.03. The van der Waals surface area contributed by atoms with Crippen LogP contribution in [-0.4, -0.2) is 45.5 Å². The van der Waals surface area contributed by atoms with Crippen molar-refractivity contribution in [1.82, 2.24) is 9.47 Å². The Labute approximate surface area is 136 Å². The fourth-order valence-corrected chi connectivity index (χ4v) is 2.66. The highest BCUT2D eigenvalue weighted by Gasteiger charge is 2.53. The van der Waals surface area contributed by atoms with Gasteiger partial charge in [-0.25, -0.2) is 4.79 Å². The lowest BCUT2D eigenvalue weighted by molar-refractivity contribution is -0.263. The smallest absolute Gasteiger partial charge is 0.380 e. The Morgan fingerprint density at radius 1 is 1.33 bits per heavy atom. The van der Waals surface area contributed by atoms with E-state index in [0.29, 0.717) is 5.56 Å². The van der Waals surface area contributed by atoms with Crippen molar-refractivity contribution in [2.24, 2.45) is 7.05 Å². The number of rotatable bonds is 1. The van der Waals surface area contributed by atoms with Crippen molar-refractivity contribution in [3.63, 3.8) is 0 Å². The van der Waals surface area contributed by atoms with Crippen LogP contribution in [-0.2, 0) is 7.05 Å². The summed E-state index contributed by atoms with van der Waals surface area (Å²) in [4.78, 5) is 25.5. The molecule has 9 heteroatoms. The normalized spacial score (nSPS) is 22.2. The van der Waals surface area contributed by atoms with E-state index >= 15 is 0 Å². The lowest BCUT2D eigenvalue weighted by Crippen LogP contribution is -2.46. The van der Waals surface area contributed by atoms with Crippen molar-refractivity contribution >= 4 is 11.7 Å². The van der Waals surface area contributed by atoms with Crippen molar-refractivity contribution in [2.45, 2.75) is 38.0 Å². The molecule has 2 rings (SSSR count). The number of aliphatic hydroxyl groups is 1. The zero-order valence-corrected chi connectivity index (χ0v) is 13.5. The molecule has 2 amide bonds. The first-order chi connectivity index (χ1) is 11.0. The van der Waals surface area contributed by atoms with Crippen LogP contribution in [0.25, 0.3) is 0 Å². The van der Waals surface area contributed by atoms with Gasteiger partial charge in [-0.1, -0.05) is 0 Å². The highest BCUT2D eigenvalue weighted by molar-refractivity contribution is 5.89. The highest BCUT2D eigenvalue weighted by atomic mass is 19.4. The van der Waals surface area contributed by atoms with Crippen LogP contribution in [0.4, 0.5) is 23.7 Å². The van der Waals surface area contributed by atoms with Gasteiger partial charge in [0, 0.05) is 32.8 Å². The SMILES string of the molecule is Cc1ccn(C)c(=O)c1NC(=O)N1CCCC(O)(C(F)(F)F)CC1. The maximum absolute atomic E-state index is 12.9. The van der Waals surface area contributed by atoms with Gasteiger partial charge in [-0.3, -0.25) is 4.79 Å². The molecule has 1 fully saturated rings. The monoisotopic (exact) mass is 347 g/mol. The van der Waals surface area contributed by atoms with E-state index in [1.54, 1.807) is 19.2 Å². The topological polar surface area (TPSA) is 74.6 Å². The first-order valence-corrected chi connectivity index (χ1v) is 7.56. The van der Waals surface area contributed by atoms with Gasteiger partial charge in [0.2, 0.25) is 0 Å². The van der Waals surface area contributed by atoms with Crippen molar-refractivity contribution in [3.8, 4) is 0 Å². The van der Waals surface area contributed by atoms with Gasteiger partial charge in [-0.05, 0) is 31.4 Å². The van der Waals surface area contributed by atoms with Crippen LogP contribution >= 0.6 is 0 Å². The molecule has 0 radical (unpaired) electrons. The molecule has 1 saturated heterocycles. The summed E-state index contributed by atoms with van der Waals surface area (Å²) in [5, 5.41) is 12.2. The second-order valence-corrected chi connectivity index (χ2v) is 6.09. The quantitative estimate of drug-likeness (QED) is 0.816. The molecule has 1 aromatic heterocycles. The molecule has 0 aliphatic carbocycles. The fraction of sp³-hybridized carbons (Fsp3) is 0.600. The molecular weight excluding hydrogens is 327 g/mol. The molecule has 1 unspecified atom stereocenters. The predicted molar refractivity (Wildman–Crippen MR) is 81.9 cm³/mol. The summed E-state index contributed by atoms with van der Waals surface area (Å²) in [6.45, 7) is 1.49. The number of pyridine rings is 1. The largest absolute Gasteiger partial charge is 0.417 e. The molecule has 1 aliphatic heterocycles. The predicted octanol–water partition coefficient (Wildman–Crippen LogP) is 2.00. The van der Waals surface area contributed by atoms with Crippen molar-refractivity contribution in [1.29, 1.82) is 0 Å². The third kappa shape index (κ3) is 3.55. The number of aromatic nitrogens is 1. The zero-order chi connectivity index (χ0) is 18.1. The Balaban J connectivity index is 2.12. The number of nitrogens with zero attached hydrogens (tertiary/aromatic N) is 2. The molecule has 1 atom stereocenters. The number of anilines is 1. The van der Waals surface area contributed by atoms with Crippen LogP contribution in [0, 0.1) is 6.92 Å². The van der Waals surface area contributed by atoms with Crippen molar-refractivity contribution < 1.29 is 23.1 Å². The first-order valence-electron chi connectivity index (χ1n) is 7.56. The average molecular weight is 347 g/mol. The Kier molecular flexibility index (Phi) is 4.93. The van der Waals surface area contributed by atoms with Crippen LogP contribution in [0.1, 0.15) is 24.8 Å². The summed E-state index contributed by atoms with van der Waals surface area (Å²) in [6.07, 6.45) is -4.19. The Morgan fingerprint density at radius 3 is 2.62 bits per heavy atom. The Morgan fingerprint density at radius 2 is 2.00 bits per heavy atom. The van der Waals surface area contributed by atoms with E-state index in [1.165, 1.54) is 16.5 Å². The number of carbonyl (C=O) groups excluding carboxylic acids is 1. The number of amides is 2. The number of likely N-dealkylation sites (tertiary alicyclic amines) is 1. The number of carbonyl (C=O) groups is 1. The zero-order valence-electron chi connectivity index (χ0n) is 13.5. The third-order valence-corrected chi connectivity index (χ3v) is 4.34. The third-order valence-electron chi connectivity index (χ3n) is 4.34. The molecule has 6 nitrogen and oxygen atoms in total. The van der Waals surface area contributed by atoms with Crippen LogP contribution in [0.2, 0.25) is 0 Å². The van der Waals surface area contributed by atoms with Gasteiger partial charge >= 0.3 is 12.2 Å². The molecule has 2 heterocycles. The van der Waals surface area contributed by atoms with E-state index < -0.39 is 36.2 Å². The number of urea groups is 1. The molecule has 1 aromatic rings. The second-order valence-electron chi connectivity index (χ2n) is 6.09. The van der Waals surface area contributed by atoms with Gasteiger partial charge in [-0.15, -0.1) is 0 Å². The number of hydrogen-bond acceptors (Lipinski definition) is 3. The maximum Gasteiger partial charge on any atom is 0.417 e. The maximum atomic E-state index is 12.9. The van der Waals surface area contributed by atoms with Gasteiger partial charge in [0.05, 0.1) is 0 Å². The molecule has 24 heavy (non-hydrogen) atoms. The number of alkyl halides is 3. The van der Waals surface area contributed by atoms with Gasteiger partial charge in [-0.2, -0.15) is 13.2 Å². The number of halogens is 3. The summed E-state index contributed by atoms with van der Waals surface area (Å²) >= 11 is 0. The molecule has 0 saturated carbocycles. The summed E-state index contributed by atoms with van der Waals surface area (Å²) in [5.74, 6) is 0. The second kappa shape index (κ2) is 6.46. The van der Waals surface area contributed by atoms with E-state index in [1.807, 2.05) is 0 Å². The van der Waals surface area contributed by atoms with E-state index in [9.17, 15) is 27.9 Å². The lowest BCUT2D eigenvalue weighted by atomic mass is 9.94. The minimum absolute atomic E-state index is 0.0230. The minimum atomic E-state index is -4.73. The number of nitrogens with one attached hydrogen (secondary N) is 1. The van der Waals surface area contributed by atoms with E-state index in [4.69, 9.17) is 0 Å². The summed E-state index contributed by atoms with van der Waals surface area (Å²) in [5.41, 5.74) is -2.51.